The predicted octanol–water partition coefficient (Wildman–Crippen LogP) is 1.95. The molecule has 0 saturated carbocycles. The number of aryl methyl sites for hydroxylation is 2. The van der Waals surface area contributed by atoms with Gasteiger partial charge in [0.2, 0.25) is 0 Å². The number of aromatic nitrogens is 4. The minimum atomic E-state index is 0.221. The molecule has 98 valence electrons. The van der Waals surface area contributed by atoms with Gasteiger partial charge in [-0.25, -0.2) is 14.6 Å². The molecular weight excluding hydrogens is 266 g/mol. The summed E-state index contributed by atoms with van der Waals surface area (Å²) in [7, 11) is 1.53. The van der Waals surface area contributed by atoms with Gasteiger partial charge >= 0.3 is 0 Å². The van der Waals surface area contributed by atoms with Crippen molar-refractivity contribution >= 4 is 11.6 Å². The third-order valence-corrected chi connectivity index (χ3v) is 2.81. The van der Waals surface area contributed by atoms with Crippen LogP contribution < -0.4 is 0 Å². The Morgan fingerprint density at radius 2 is 2.16 bits per heavy atom. The number of nitrogens with zero attached hydrogens (tertiary/aromatic N) is 5. The maximum Gasteiger partial charge on any atom is 0.159 e. The SMILES string of the molecule is COCc1nn(-c2cc(C)nc(C)n2)c(Cl)c1C#N. The lowest BCUT2D eigenvalue weighted by Crippen LogP contribution is -2.04. The Morgan fingerprint density at radius 3 is 2.74 bits per heavy atom. The maximum atomic E-state index is 9.12. The molecule has 6 nitrogen and oxygen atoms in total. The van der Waals surface area contributed by atoms with Crippen LogP contribution in [-0.4, -0.2) is 26.9 Å². The lowest BCUT2D eigenvalue weighted by atomic mass is 10.3. The summed E-state index contributed by atoms with van der Waals surface area (Å²) in [5.41, 5.74) is 1.60. The van der Waals surface area contributed by atoms with Crippen LogP contribution in [0, 0.1) is 25.2 Å². The molecule has 0 N–H and O–H groups in total. The van der Waals surface area contributed by atoms with Gasteiger partial charge in [0, 0.05) is 18.9 Å². The van der Waals surface area contributed by atoms with Gasteiger partial charge in [-0.2, -0.15) is 10.4 Å². The van der Waals surface area contributed by atoms with Crippen molar-refractivity contribution in [1.82, 2.24) is 19.7 Å². The number of hydrogen-bond acceptors (Lipinski definition) is 5. The summed E-state index contributed by atoms with van der Waals surface area (Å²) in [4.78, 5) is 8.46. The van der Waals surface area contributed by atoms with E-state index in [9.17, 15) is 0 Å². The minimum absolute atomic E-state index is 0.221. The topological polar surface area (TPSA) is 76.6 Å². The normalized spacial score (nSPS) is 10.5. The number of nitriles is 1. The second kappa shape index (κ2) is 5.34. The molecule has 0 amide bonds. The van der Waals surface area contributed by atoms with Gasteiger partial charge in [-0.1, -0.05) is 11.6 Å². The standard InChI is InChI=1S/C12H12ClN5O/c1-7-4-11(16-8(2)15-7)18-12(13)9(5-14)10(17-18)6-19-3/h4H,6H2,1-3H3. The summed E-state index contributed by atoms with van der Waals surface area (Å²) < 4.78 is 6.43. The molecule has 2 rings (SSSR count). The Morgan fingerprint density at radius 1 is 1.42 bits per heavy atom. The number of ether oxygens (including phenoxy) is 1. The molecule has 0 unspecified atom stereocenters. The molecule has 0 fully saturated rings. The van der Waals surface area contributed by atoms with Crippen LogP contribution in [0.5, 0.6) is 0 Å². The first-order chi connectivity index (χ1) is 9.06. The van der Waals surface area contributed by atoms with E-state index in [-0.39, 0.29) is 11.8 Å². The lowest BCUT2D eigenvalue weighted by molar-refractivity contribution is 0.181. The van der Waals surface area contributed by atoms with Crippen molar-refractivity contribution < 1.29 is 4.74 Å². The van der Waals surface area contributed by atoms with Crippen molar-refractivity contribution in [2.75, 3.05) is 7.11 Å². The monoisotopic (exact) mass is 277 g/mol. The molecule has 0 aliphatic carbocycles. The average molecular weight is 278 g/mol. The van der Waals surface area contributed by atoms with E-state index in [1.807, 2.05) is 13.0 Å². The molecule has 0 bridgehead atoms. The first-order valence-corrected chi connectivity index (χ1v) is 5.93. The lowest BCUT2D eigenvalue weighted by Gasteiger charge is -2.04. The molecule has 0 spiro atoms. The van der Waals surface area contributed by atoms with E-state index >= 15 is 0 Å². The van der Waals surface area contributed by atoms with Crippen molar-refractivity contribution in [2.24, 2.45) is 0 Å². The molecule has 0 radical (unpaired) electrons. The van der Waals surface area contributed by atoms with Crippen LogP contribution in [0.4, 0.5) is 0 Å². The fourth-order valence-corrected chi connectivity index (χ4v) is 2.02. The van der Waals surface area contributed by atoms with E-state index in [0.29, 0.717) is 22.9 Å². The highest BCUT2D eigenvalue weighted by atomic mass is 35.5. The highest BCUT2D eigenvalue weighted by Gasteiger charge is 2.18. The van der Waals surface area contributed by atoms with Gasteiger partial charge in [0.1, 0.15) is 23.2 Å². The molecule has 2 heterocycles. The number of methoxy groups -OCH3 is 1. The van der Waals surface area contributed by atoms with Gasteiger partial charge < -0.3 is 4.74 Å². The van der Waals surface area contributed by atoms with Crippen LogP contribution >= 0.6 is 11.6 Å². The van der Waals surface area contributed by atoms with Gasteiger partial charge in [0.25, 0.3) is 0 Å². The quantitative estimate of drug-likeness (QED) is 0.857. The van der Waals surface area contributed by atoms with Crippen LogP contribution in [0.1, 0.15) is 22.8 Å². The second-order valence-electron chi connectivity index (χ2n) is 3.98. The number of halogens is 1. The van der Waals surface area contributed by atoms with E-state index in [1.54, 1.807) is 13.0 Å². The molecule has 0 aliphatic rings. The fraction of sp³-hybridized carbons (Fsp3) is 0.333. The maximum absolute atomic E-state index is 9.12. The zero-order valence-corrected chi connectivity index (χ0v) is 11.6. The van der Waals surface area contributed by atoms with E-state index in [2.05, 4.69) is 15.1 Å². The molecule has 2 aromatic rings. The van der Waals surface area contributed by atoms with Gasteiger partial charge in [-0.05, 0) is 13.8 Å². The Labute approximate surface area is 115 Å². The fourth-order valence-electron chi connectivity index (χ4n) is 1.75. The average Bonchev–Trinajstić information content (AvgIpc) is 2.65. The van der Waals surface area contributed by atoms with Crippen molar-refractivity contribution in [3.63, 3.8) is 0 Å². The Bertz CT molecular complexity index is 639. The molecule has 19 heavy (non-hydrogen) atoms. The molecule has 0 saturated heterocycles. The molecule has 0 atom stereocenters. The largest absolute Gasteiger partial charge is 0.378 e. The molecule has 0 aromatic carbocycles. The molecular formula is C12H12ClN5O. The van der Waals surface area contributed by atoms with Gasteiger partial charge in [0.15, 0.2) is 11.0 Å². The highest BCUT2D eigenvalue weighted by molar-refractivity contribution is 6.31. The van der Waals surface area contributed by atoms with Crippen LogP contribution in [-0.2, 0) is 11.3 Å². The molecule has 0 aliphatic heterocycles. The van der Waals surface area contributed by atoms with Crippen LogP contribution in [0.15, 0.2) is 6.07 Å². The van der Waals surface area contributed by atoms with Crippen molar-refractivity contribution in [3.05, 3.63) is 34.0 Å². The zero-order valence-electron chi connectivity index (χ0n) is 10.8. The second-order valence-corrected chi connectivity index (χ2v) is 4.34. The van der Waals surface area contributed by atoms with Crippen molar-refractivity contribution in [1.29, 1.82) is 5.26 Å². The first-order valence-electron chi connectivity index (χ1n) is 5.56. The minimum Gasteiger partial charge on any atom is -0.378 e. The van der Waals surface area contributed by atoms with Crippen LogP contribution in [0.25, 0.3) is 5.82 Å². The van der Waals surface area contributed by atoms with Crippen molar-refractivity contribution in [3.8, 4) is 11.9 Å². The Kier molecular flexibility index (Phi) is 3.79. The Balaban J connectivity index is 2.59. The van der Waals surface area contributed by atoms with Gasteiger partial charge in [0.05, 0.1) is 6.61 Å². The smallest absolute Gasteiger partial charge is 0.159 e. The third-order valence-electron chi connectivity index (χ3n) is 2.46. The summed E-state index contributed by atoms with van der Waals surface area (Å²) >= 11 is 6.17. The Hall–Kier alpha value is -1.97. The van der Waals surface area contributed by atoms with E-state index in [1.165, 1.54) is 11.8 Å². The van der Waals surface area contributed by atoms with E-state index < -0.39 is 0 Å². The van der Waals surface area contributed by atoms with Gasteiger partial charge in [-0.3, -0.25) is 0 Å². The van der Waals surface area contributed by atoms with Crippen molar-refractivity contribution in [2.45, 2.75) is 20.5 Å². The predicted molar refractivity (Wildman–Crippen MR) is 69.1 cm³/mol. The van der Waals surface area contributed by atoms with E-state index in [0.717, 1.165) is 5.69 Å². The molecule has 2 aromatic heterocycles. The van der Waals surface area contributed by atoms with Gasteiger partial charge in [-0.15, -0.1) is 0 Å². The summed E-state index contributed by atoms with van der Waals surface area (Å²) in [6.07, 6.45) is 0. The van der Waals surface area contributed by atoms with E-state index in [4.69, 9.17) is 21.6 Å². The molecule has 7 heteroatoms. The number of hydrogen-bond donors (Lipinski definition) is 0. The highest BCUT2D eigenvalue weighted by Crippen LogP contribution is 2.23. The third kappa shape index (κ3) is 2.57. The summed E-state index contributed by atoms with van der Waals surface area (Å²) in [6, 6.07) is 3.78. The summed E-state index contributed by atoms with van der Waals surface area (Å²) in [5, 5.41) is 13.6. The zero-order chi connectivity index (χ0) is 14.0. The summed E-state index contributed by atoms with van der Waals surface area (Å²) in [6.45, 7) is 3.87. The van der Waals surface area contributed by atoms with Crippen LogP contribution in [0.2, 0.25) is 5.15 Å². The van der Waals surface area contributed by atoms with Crippen LogP contribution in [0.3, 0.4) is 0 Å². The summed E-state index contributed by atoms with van der Waals surface area (Å²) in [5.74, 6) is 1.15. The first kappa shape index (κ1) is 13.5. The number of rotatable bonds is 3.